The van der Waals surface area contributed by atoms with Gasteiger partial charge in [-0.2, -0.15) is 0 Å². The summed E-state index contributed by atoms with van der Waals surface area (Å²) in [6, 6.07) is 3.33. The number of unbranched alkanes of at least 4 members (excludes halogenated alkanes) is 3. The van der Waals surface area contributed by atoms with Gasteiger partial charge in [0.1, 0.15) is 5.01 Å². The molecule has 8 heteroatoms. The Bertz CT molecular complexity index is 752. The van der Waals surface area contributed by atoms with E-state index in [0.717, 1.165) is 17.8 Å². The van der Waals surface area contributed by atoms with Gasteiger partial charge in [-0.05, 0) is 39.3 Å². The molecule has 0 saturated carbocycles. The maximum atomic E-state index is 12.8. The van der Waals surface area contributed by atoms with E-state index in [4.69, 9.17) is 14.2 Å². The van der Waals surface area contributed by atoms with E-state index in [1.165, 1.54) is 30.6 Å². The molecule has 1 amide bonds. The highest BCUT2D eigenvalue weighted by Crippen LogP contribution is 2.39. The van der Waals surface area contributed by atoms with Gasteiger partial charge in [0.2, 0.25) is 10.9 Å². The third-order valence-corrected chi connectivity index (χ3v) is 5.00. The highest BCUT2D eigenvalue weighted by Gasteiger charge is 2.19. The molecule has 2 rings (SSSR count). The Balaban J connectivity index is 2.14. The number of carbonyl (C=O) groups is 1. The lowest BCUT2D eigenvalue weighted by molar-refractivity contribution is 0.102. The van der Waals surface area contributed by atoms with Crippen LogP contribution in [0.5, 0.6) is 17.2 Å². The molecule has 0 atom stereocenters. The van der Waals surface area contributed by atoms with Crippen LogP contribution in [0.3, 0.4) is 0 Å². The number of carbonyl (C=O) groups excluding carboxylic acids is 1. The molecule has 2 aromatic rings. The summed E-state index contributed by atoms with van der Waals surface area (Å²) in [5.74, 6) is 1.19. The van der Waals surface area contributed by atoms with E-state index in [1.807, 2.05) is 20.8 Å². The lowest BCUT2D eigenvalue weighted by atomic mass is 10.1. The minimum Gasteiger partial charge on any atom is -0.490 e. The van der Waals surface area contributed by atoms with Crippen LogP contribution in [-0.2, 0) is 6.42 Å². The first kappa shape index (κ1) is 22.9. The number of ether oxygens (including phenoxy) is 3. The van der Waals surface area contributed by atoms with E-state index in [9.17, 15) is 4.79 Å². The maximum absolute atomic E-state index is 12.8. The molecule has 1 N–H and O–H groups in total. The Morgan fingerprint density at radius 1 is 0.931 bits per heavy atom. The summed E-state index contributed by atoms with van der Waals surface area (Å²) in [4.78, 5) is 12.8. The van der Waals surface area contributed by atoms with Gasteiger partial charge in [0.15, 0.2) is 11.5 Å². The summed E-state index contributed by atoms with van der Waals surface area (Å²) in [6.45, 7) is 9.22. The fourth-order valence-corrected chi connectivity index (χ4v) is 3.57. The van der Waals surface area contributed by atoms with Crippen molar-refractivity contribution in [3.8, 4) is 17.2 Å². The second-order valence-corrected chi connectivity index (χ2v) is 7.43. The van der Waals surface area contributed by atoms with E-state index in [2.05, 4.69) is 22.4 Å². The van der Waals surface area contributed by atoms with Crippen molar-refractivity contribution in [2.24, 2.45) is 0 Å². The van der Waals surface area contributed by atoms with Crippen LogP contribution in [0.15, 0.2) is 12.1 Å². The van der Waals surface area contributed by atoms with Crippen LogP contribution in [0.25, 0.3) is 0 Å². The molecule has 1 aromatic carbocycles. The number of aryl methyl sites for hydroxylation is 1. The molecule has 7 nitrogen and oxygen atoms in total. The minimum absolute atomic E-state index is 0.288. The fourth-order valence-electron chi connectivity index (χ4n) is 2.80. The van der Waals surface area contributed by atoms with E-state index >= 15 is 0 Å². The number of amides is 1. The average molecular weight is 422 g/mol. The fraction of sp³-hybridized carbons (Fsp3) is 0.571. The van der Waals surface area contributed by atoms with Crippen molar-refractivity contribution < 1.29 is 19.0 Å². The molecule has 0 bridgehead atoms. The first-order chi connectivity index (χ1) is 14.1. The summed E-state index contributed by atoms with van der Waals surface area (Å²) in [5, 5.41) is 12.5. The van der Waals surface area contributed by atoms with E-state index in [1.54, 1.807) is 12.1 Å². The Morgan fingerprint density at radius 3 is 2.17 bits per heavy atom. The minimum atomic E-state index is -0.288. The molecular formula is C21H31N3O4S. The molecule has 29 heavy (non-hydrogen) atoms. The highest BCUT2D eigenvalue weighted by molar-refractivity contribution is 7.15. The van der Waals surface area contributed by atoms with Crippen LogP contribution in [0.2, 0.25) is 0 Å². The van der Waals surface area contributed by atoms with Gasteiger partial charge < -0.3 is 14.2 Å². The van der Waals surface area contributed by atoms with E-state index < -0.39 is 0 Å². The number of nitrogens with one attached hydrogen (secondary N) is 1. The lowest BCUT2D eigenvalue weighted by Gasteiger charge is -2.16. The van der Waals surface area contributed by atoms with Crippen LogP contribution >= 0.6 is 11.3 Å². The van der Waals surface area contributed by atoms with Gasteiger partial charge in [0, 0.05) is 12.0 Å². The van der Waals surface area contributed by atoms with Crippen LogP contribution in [0.1, 0.15) is 68.7 Å². The number of benzene rings is 1. The van der Waals surface area contributed by atoms with Crippen LogP contribution in [-0.4, -0.2) is 35.9 Å². The Labute approximate surface area is 176 Å². The predicted octanol–water partition coefficient (Wildman–Crippen LogP) is 5.11. The van der Waals surface area contributed by atoms with Crippen molar-refractivity contribution in [2.45, 2.75) is 59.8 Å². The van der Waals surface area contributed by atoms with Gasteiger partial charge in [-0.3, -0.25) is 10.1 Å². The molecule has 1 aromatic heterocycles. The SMILES string of the molecule is CCCCCCc1nnc(NC(=O)c2cc(OCC)c(OCC)c(OCC)c2)s1. The van der Waals surface area contributed by atoms with Crippen molar-refractivity contribution in [3.05, 3.63) is 22.7 Å². The lowest BCUT2D eigenvalue weighted by Crippen LogP contribution is -2.13. The zero-order valence-electron chi connectivity index (χ0n) is 17.7. The molecular weight excluding hydrogens is 390 g/mol. The van der Waals surface area contributed by atoms with Crippen LogP contribution < -0.4 is 19.5 Å². The second-order valence-electron chi connectivity index (χ2n) is 6.37. The normalized spacial score (nSPS) is 10.6. The van der Waals surface area contributed by atoms with Crippen molar-refractivity contribution in [2.75, 3.05) is 25.1 Å². The molecule has 0 aliphatic rings. The zero-order chi connectivity index (χ0) is 21.1. The molecule has 0 fully saturated rings. The molecule has 0 aliphatic heterocycles. The van der Waals surface area contributed by atoms with E-state index in [-0.39, 0.29) is 5.91 Å². The average Bonchev–Trinajstić information content (AvgIpc) is 3.15. The van der Waals surface area contributed by atoms with Crippen molar-refractivity contribution >= 4 is 22.4 Å². The number of rotatable bonds is 13. The molecule has 160 valence electrons. The van der Waals surface area contributed by atoms with E-state index in [0.29, 0.717) is 47.8 Å². The van der Waals surface area contributed by atoms with Crippen LogP contribution in [0.4, 0.5) is 5.13 Å². The molecule has 0 saturated heterocycles. The largest absolute Gasteiger partial charge is 0.490 e. The van der Waals surface area contributed by atoms with Crippen molar-refractivity contribution in [1.29, 1.82) is 0 Å². The number of aromatic nitrogens is 2. The summed E-state index contributed by atoms with van der Waals surface area (Å²) in [5.41, 5.74) is 0.417. The number of nitrogens with zero attached hydrogens (tertiary/aromatic N) is 2. The monoisotopic (exact) mass is 421 g/mol. The summed E-state index contributed by atoms with van der Waals surface area (Å²) >= 11 is 1.41. The second kappa shape index (κ2) is 12.3. The topological polar surface area (TPSA) is 82.6 Å². The van der Waals surface area contributed by atoms with Gasteiger partial charge in [0.25, 0.3) is 5.91 Å². The zero-order valence-corrected chi connectivity index (χ0v) is 18.6. The third kappa shape index (κ3) is 6.88. The molecule has 0 unspecified atom stereocenters. The van der Waals surface area contributed by atoms with Crippen LogP contribution in [0, 0.1) is 0 Å². The smallest absolute Gasteiger partial charge is 0.257 e. The molecule has 0 aliphatic carbocycles. The summed E-state index contributed by atoms with van der Waals surface area (Å²) in [7, 11) is 0. The Morgan fingerprint density at radius 2 is 1.59 bits per heavy atom. The summed E-state index contributed by atoms with van der Waals surface area (Å²) < 4.78 is 17.0. The number of hydrogen-bond donors (Lipinski definition) is 1. The quantitative estimate of drug-likeness (QED) is 0.453. The standard InChI is InChI=1S/C21H31N3O4S/c1-5-9-10-11-12-18-23-24-21(29-18)22-20(25)15-13-16(26-6-2)19(28-8-4)17(14-15)27-7-3/h13-14H,5-12H2,1-4H3,(H,22,24,25). The van der Waals surface area contributed by atoms with Gasteiger partial charge in [-0.25, -0.2) is 0 Å². The summed E-state index contributed by atoms with van der Waals surface area (Å²) in [6.07, 6.45) is 5.59. The maximum Gasteiger partial charge on any atom is 0.257 e. The predicted molar refractivity (Wildman–Crippen MR) is 116 cm³/mol. The Hall–Kier alpha value is -2.35. The molecule has 1 heterocycles. The molecule has 0 spiro atoms. The van der Waals surface area contributed by atoms with Gasteiger partial charge in [-0.15, -0.1) is 10.2 Å². The Kier molecular flexibility index (Phi) is 9.70. The van der Waals surface area contributed by atoms with Gasteiger partial charge in [0.05, 0.1) is 19.8 Å². The number of hydrogen-bond acceptors (Lipinski definition) is 7. The first-order valence-corrected chi connectivity index (χ1v) is 11.1. The third-order valence-electron chi connectivity index (χ3n) is 4.10. The van der Waals surface area contributed by atoms with Crippen molar-refractivity contribution in [1.82, 2.24) is 10.2 Å². The number of anilines is 1. The molecule has 0 radical (unpaired) electrons. The highest BCUT2D eigenvalue weighted by atomic mass is 32.1. The van der Waals surface area contributed by atoms with Gasteiger partial charge in [-0.1, -0.05) is 37.5 Å². The van der Waals surface area contributed by atoms with Gasteiger partial charge >= 0.3 is 0 Å². The first-order valence-electron chi connectivity index (χ1n) is 10.3. The van der Waals surface area contributed by atoms with Crippen molar-refractivity contribution in [3.63, 3.8) is 0 Å².